The molecule has 0 aliphatic rings. The van der Waals surface area contributed by atoms with Gasteiger partial charge in [0.05, 0.1) is 19.8 Å². The van der Waals surface area contributed by atoms with Gasteiger partial charge in [-0.1, -0.05) is 13.0 Å². The minimum Gasteiger partial charge on any atom is -0.494 e. The molecule has 0 bridgehead atoms. The molecule has 0 aromatic heterocycles. The first-order chi connectivity index (χ1) is 9.06. The monoisotopic (exact) mass is 269 g/mol. The summed E-state index contributed by atoms with van der Waals surface area (Å²) in [6, 6.07) is 5.28. The molecule has 0 fully saturated rings. The summed E-state index contributed by atoms with van der Waals surface area (Å²) in [7, 11) is 1.47. The molecule has 1 rings (SSSR count). The van der Waals surface area contributed by atoms with Gasteiger partial charge < -0.3 is 14.8 Å². The van der Waals surface area contributed by atoms with E-state index in [0.29, 0.717) is 6.61 Å². The van der Waals surface area contributed by atoms with Crippen LogP contribution in [0.15, 0.2) is 18.2 Å². The molecule has 1 aromatic carbocycles. The summed E-state index contributed by atoms with van der Waals surface area (Å²) in [5.74, 6) is -0.0396. The lowest BCUT2D eigenvalue weighted by Gasteiger charge is -2.19. The highest BCUT2D eigenvalue weighted by Crippen LogP contribution is 2.18. The molecular weight excluding hydrogens is 245 g/mol. The molecule has 19 heavy (non-hydrogen) atoms. The van der Waals surface area contributed by atoms with Gasteiger partial charge in [-0.15, -0.1) is 0 Å². The van der Waals surface area contributed by atoms with Gasteiger partial charge in [0, 0.05) is 6.04 Å². The van der Waals surface area contributed by atoms with E-state index >= 15 is 0 Å². The van der Waals surface area contributed by atoms with Crippen LogP contribution in [0.2, 0.25) is 0 Å². The summed E-state index contributed by atoms with van der Waals surface area (Å²) in [5.41, 5.74) is 0.941. The van der Waals surface area contributed by atoms with E-state index in [0.717, 1.165) is 18.5 Å². The molecule has 1 N–H and O–H groups in total. The Bertz CT molecular complexity index is 382. The van der Waals surface area contributed by atoms with Crippen LogP contribution in [0, 0.1) is 5.82 Å². The van der Waals surface area contributed by atoms with E-state index in [-0.39, 0.29) is 23.7 Å². The summed E-state index contributed by atoms with van der Waals surface area (Å²) in [6.45, 7) is 7.56. The zero-order chi connectivity index (χ0) is 14.3. The summed E-state index contributed by atoms with van der Waals surface area (Å²) in [4.78, 5) is 0. The van der Waals surface area contributed by atoms with Crippen molar-refractivity contribution in [3.05, 3.63) is 29.6 Å². The van der Waals surface area contributed by atoms with Crippen molar-refractivity contribution in [1.82, 2.24) is 5.32 Å². The minimum atomic E-state index is -0.319. The summed E-state index contributed by atoms with van der Waals surface area (Å²) in [5, 5.41) is 3.36. The molecule has 0 aliphatic carbocycles. The van der Waals surface area contributed by atoms with Crippen molar-refractivity contribution in [1.29, 1.82) is 0 Å². The number of likely N-dealkylation sites (N-methyl/N-ethyl adjacent to an activating group) is 1. The van der Waals surface area contributed by atoms with Gasteiger partial charge in [-0.3, -0.25) is 0 Å². The highest BCUT2D eigenvalue weighted by Gasteiger charge is 2.11. The molecule has 3 nitrogen and oxygen atoms in total. The van der Waals surface area contributed by atoms with Crippen LogP contribution >= 0.6 is 0 Å². The van der Waals surface area contributed by atoms with Crippen molar-refractivity contribution < 1.29 is 13.9 Å². The van der Waals surface area contributed by atoms with Crippen molar-refractivity contribution in [2.45, 2.75) is 39.3 Å². The maximum atomic E-state index is 13.6. The van der Waals surface area contributed by atoms with Crippen LogP contribution in [0.5, 0.6) is 5.75 Å². The molecule has 0 heterocycles. The lowest BCUT2D eigenvalue weighted by Crippen LogP contribution is -2.36. The van der Waals surface area contributed by atoms with Crippen LogP contribution in [0.25, 0.3) is 0 Å². The Morgan fingerprint density at radius 1 is 1.32 bits per heavy atom. The van der Waals surface area contributed by atoms with E-state index in [9.17, 15) is 4.39 Å². The SMILES string of the molecule is CCNC(COC(C)C)Cc1ccc(OC)c(F)c1. The first-order valence-electron chi connectivity index (χ1n) is 6.74. The molecule has 0 radical (unpaired) electrons. The molecule has 1 aromatic rings. The van der Waals surface area contributed by atoms with Crippen molar-refractivity contribution >= 4 is 0 Å². The standard InChI is InChI=1S/C15H24FNO2/c1-5-17-13(10-19-11(2)3)8-12-6-7-15(18-4)14(16)9-12/h6-7,9,11,13,17H,5,8,10H2,1-4H3. The van der Waals surface area contributed by atoms with Crippen molar-refractivity contribution in [2.24, 2.45) is 0 Å². The maximum Gasteiger partial charge on any atom is 0.165 e. The number of rotatable bonds is 8. The third-order valence-electron chi connectivity index (χ3n) is 2.82. The van der Waals surface area contributed by atoms with E-state index in [4.69, 9.17) is 9.47 Å². The quantitative estimate of drug-likeness (QED) is 0.787. The Labute approximate surface area is 115 Å². The minimum absolute atomic E-state index is 0.195. The average Bonchev–Trinajstić information content (AvgIpc) is 2.36. The van der Waals surface area contributed by atoms with Gasteiger partial charge >= 0.3 is 0 Å². The number of ether oxygens (including phenoxy) is 2. The lowest BCUT2D eigenvalue weighted by molar-refractivity contribution is 0.0616. The average molecular weight is 269 g/mol. The molecule has 0 aliphatic heterocycles. The van der Waals surface area contributed by atoms with Crippen LogP contribution in [0.4, 0.5) is 4.39 Å². The van der Waals surface area contributed by atoms with Crippen LogP contribution in [-0.2, 0) is 11.2 Å². The fourth-order valence-corrected chi connectivity index (χ4v) is 1.91. The normalized spacial score (nSPS) is 12.7. The molecule has 4 heteroatoms. The maximum absolute atomic E-state index is 13.6. The molecule has 108 valence electrons. The third-order valence-corrected chi connectivity index (χ3v) is 2.82. The molecule has 0 saturated carbocycles. The Balaban J connectivity index is 2.64. The van der Waals surface area contributed by atoms with Gasteiger partial charge in [0.25, 0.3) is 0 Å². The first-order valence-corrected chi connectivity index (χ1v) is 6.74. The Morgan fingerprint density at radius 2 is 2.05 bits per heavy atom. The smallest absolute Gasteiger partial charge is 0.165 e. The lowest BCUT2D eigenvalue weighted by atomic mass is 10.1. The van der Waals surface area contributed by atoms with Gasteiger partial charge in [-0.25, -0.2) is 4.39 Å². The highest BCUT2D eigenvalue weighted by atomic mass is 19.1. The number of hydrogen-bond donors (Lipinski definition) is 1. The molecule has 1 atom stereocenters. The number of hydrogen-bond acceptors (Lipinski definition) is 3. The predicted molar refractivity (Wildman–Crippen MR) is 75.2 cm³/mol. The number of methoxy groups -OCH3 is 1. The Morgan fingerprint density at radius 3 is 2.58 bits per heavy atom. The second-order valence-electron chi connectivity index (χ2n) is 4.81. The van der Waals surface area contributed by atoms with Crippen LogP contribution in [-0.4, -0.2) is 32.4 Å². The second kappa shape index (κ2) is 8.12. The van der Waals surface area contributed by atoms with Crippen molar-refractivity contribution in [3.8, 4) is 5.75 Å². The summed E-state index contributed by atoms with van der Waals surface area (Å²) < 4.78 is 24.2. The Hall–Kier alpha value is -1.13. The zero-order valence-corrected chi connectivity index (χ0v) is 12.2. The number of nitrogens with one attached hydrogen (secondary N) is 1. The largest absolute Gasteiger partial charge is 0.494 e. The van der Waals surface area contributed by atoms with Gasteiger partial charge in [-0.2, -0.15) is 0 Å². The van der Waals surface area contributed by atoms with Crippen LogP contribution in [0.3, 0.4) is 0 Å². The van der Waals surface area contributed by atoms with Gasteiger partial charge in [0.15, 0.2) is 11.6 Å². The second-order valence-corrected chi connectivity index (χ2v) is 4.81. The van der Waals surface area contributed by atoms with E-state index in [2.05, 4.69) is 12.2 Å². The fourth-order valence-electron chi connectivity index (χ4n) is 1.91. The molecule has 1 unspecified atom stereocenters. The van der Waals surface area contributed by atoms with Gasteiger partial charge in [-0.05, 0) is 44.5 Å². The molecular formula is C15H24FNO2. The topological polar surface area (TPSA) is 30.5 Å². The van der Waals surface area contributed by atoms with Crippen molar-refractivity contribution in [3.63, 3.8) is 0 Å². The summed E-state index contributed by atoms with van der Waals surface area (Å²) in [6.07, 6.45) is 0.940. The predicted octanol–water partition coefficient (Wildman–Crippen LogP) is 2.78. The zero-order valence-electron chi connectivity index (χ0n) is 12.2. The fraction of sp³-hybridized carbons (Fsp3) is 0.600. The van der Waals surface area contributed by atoms with E-state index < -0.39 is 0 Å². The van der Waals surface area contributed by atoms with E-state index in [1.807, 2.05) is 19.9 Å². The highest BCUT2D eigenvalue weighted by molar-refractivity contribution is 5.29. The van der Waals surface area contributed by atoms with Gasteiger partial charge in [0.2, 0.25) is 0 Å². The van der Waals surface area contributed by atoms with Crippen LogP contribution in [0.1, 0.15) is 26.3 Å². The number of halogens is 1. The Kier molecular flexibility index (Phi) is 6.81. The summed E-state index contributed by atoms with van der Waals surface area (Å²) >= 11 is 0. The van der Waals surface area contributed by atoms with E-state index in [1.165, 1.54) is 13.2 Å². The molecule has 0 saturated heterocycles. The molecule has 0 amide bonds. The third kappa shape index (κ3) is 5.57. The number of benzene rings is 1. The van der Waals surface area contributed by atoms with E-state index in [1.54, 1.807) is 6.07 Å². The van der Waals surface area contributed by atoms with Gasteiger partial charge in [0.1, 0.15) is 0 Å². The molecule has 0 spiro atoms. The van der Waals surface area contributed by atoms with Crippen molar-refractivity contribution in [2.75, 3.05) is 20.3 Å². The first kappa shape index (κ1) is 15.9. The van der Waals surface area contributed by atoms with Crippen LogP contribution < -0.4 is 10.1 Å².